The van der Waals surface area contributed by atoms with Crippen LogP contribution in [0.15, 0.2) is 23.3 Å². The Hall–Kier alpha value is -1.82. The van der Waals surface area contributed by atoms with Gasteiger partial charge in [-0.3, -0.25) is 9.52 Å². The molecule has 1 N–H and O–H groups in total. The summed E-state index contributed by atoms with van der Waals surface area (Å²) >= 11 is 1.56. The maximum absolute atomic E-state index is 11.8. The van der Waals surface area contributed by atoms with Crippen LogP contribution in [0.2, 0.25) is 0 Å². The van der Waals surface area contributed by atoms with E-state index in [-0.39, 0.29) is 5.56 Å². The minimum absolute atomic E-state index is 0.0192. The molecular weight excluding hydrogens is 284 g/mol. The molecule has 21 heavy (non-hydrogen) atoms. The first kappa shape index (κ1) is 15.6. The molecule has 112 valence electrons. The number of aryl methyl sites for hydroxylation is 3. The van der Waals surface area contributed by atoms with Crippen LogP contribution in [0.3, 0.4) is 0 Å². The third-order valence-corrected chi connectivity index (χ3v) is 3.80. The van der Waals surface area contributed by atoms with Crippen molar-refractivity contribution >= 4 is 17.9 Å². The highest BCUT2D eigenvalue weighted by Gasteiger charge is 2.11. The number of anilines is 1. The second-order valence-electron chi connectivity index (χ2n) is 4.78. The van der Waals surface area contributed by atoms with Crippen molar-refractivity contribution in [2.24, 2.45) is 7.05 Å². The molecule has 0 atom stereocenters. The third-order valence-electron chi connectivity index (χ3n) is 3.19. The van der Waals surface area contributed by atoms with Crippen molar-refractivity contribution in [2.75, 3.05) is 10.5 Å². The van der Waals surface area contributed by atoms with Crippen molar-refractivity contribution in [1.29, 1.82) is 0 Å². The van der Waals surface area contributed by atoms with Crippen molar-refractivity contribution < 1.29 is 0 Å². The molecule has 2 rings (SSSR count). The molecule has 0 aromatic carbocycles. The molecule has 0 bridgehead atoms. The Balaban J connectivity index is 2.52. The van der Waals surface area contributed by atoms with Crippen LogP contribution >= 0.6 is 11.9 Å². The lowest BCUT2D eigenvalue weighted by Crippen LogP contribution is -2.18. The average Bonchev–Trinajstić information content (AvgIpc) is 2.49. The van der Waals surface area contributed by atoms with Crippen LogP contribution in [0.25, 0.3) is 11.3 Å². The first-order chi connectivity index (χ1) is 10.1. The number of pyridine rings is 1. The molecule has 2 heterocycles. The van der Waals surface area contributed by atoms with Crippen molar-refractivity contribution in [2.45, 2.75) is 27.2 Å². The van der Waals surface area contributed by atoms with Gasteiger partial charge in [-0.1, -0.05) is 25.8 Å². The number of nitrogens with zero attached hydrogens (tertiary/aromatic N) is 3. The molecule has 0 fully saturated rings. The van der Waals surface area contributed by atoms with Gasteiger partial charge in [0.15, 0.2) is 0 Å². The highest BCUT2D eigenvalue weighted by atomic mass is 32.2. The van der Waals surface area contributed by atoms with E-state index < -0.39 is 0 Å². The van der Waals surface area contributed by atoms with E-state index in [4.69, 9.17) is 0 Å². The standard InChI is InChI=1S/C15H20N4OS/c1-5-11-8-16-15(18-21-6-2)17-13(11)12-7-10(3)14(20)19(4)9-12/h7-9H,5-6H2,1-4H3,(H,16,17,18). The third kappa shape index (κ3) is 3.44. The Bertz CT molecular complexity index is 670. The van der Waals surface area contributed by atoms with Crippen LogP contribution in [-0.4, -0.2) is 20.3 Å². The van der Waals surface area contributed by atoms with E-state index in [0.717, 1.165) is 29.0 Å². The van der Waals surface area contributed by atoms with Gasteiger partial charge in [0.1, 0.15) is 0 Å². The van der Waals surface area contributed by atoms with Gasteiger partial charge in [-0.05, 0) is 25.0 Å². The summed E-state index contributed by atoms with van der Waals surface area (Å²) in [5.74, 6) is 1.54. The van der Waals surface area contributed by atoms with Crippen LogP contribution in [0.5, 0.6) is 0 Å². The van der Waals surface area contributed by atoms with E-state index in [9.17, 15) is 4.79 Å². The van der Waals surface area contributed by atoms with E-state index in [1.54, 1.807) is 23.6 Å². The summed E-state index contributed by atoms with van der Waals surface area (Å²) in [6.07, 6.45) is 4.52. The Kier molecular flexibility index (Phi) is 5.01. The summed E-state index contributed by atoms with van der Waals surface area (Å²) in [5, 5.41) is 0. The molecule has 2 aromatic heterocycles. The Morgan fingerprint density at radius 1 is 1.38 bits per heavy atom. The largest absolute Gasteiger partial charge is 0.318 e. The zero-order valence-electron chi connectivity index (χ0n) is 12.8. The normalized spacial score (nSPS) is 10.7. The predicted octanol–water partition coefficient (Wildman–Crippen LogP) is 2.79. The number of nitrogens with one attached hydrogen (secondary N) is 1. The van der Waals surface area contributed by atoms with Gasteiger partial charge in [0.05, 0.1) is 5.69 Å². The van der Waals surface area contributed by atoms with E-state index in [0.29, 0.717) is 11.5 Å². The van der Waals surface area contributed by atoms with E-state index in [1.165, 1.54) is 0 Å². The Morgan fingerprint density at radius 2 is 2.14 bits per heavy atom. The predicted molar refractivity (Wildman–Crippen MR) is 88.6 cm³/mol. The quantitative estimate of drug-likeness (QED) is 0.861. The molecular formula is C15H20N4OS. The number of hydrogen-bond acceptors (Lipinski definition) is 5. The van der Waals surface area contributed by atoms with E-state index in [2.05, 4.69) is 28.5 Å². The fourth-order valence-electron chi connectivity index (χ4n) is 2.11. The summed E-state index contributed by atoms with van der Waals surface area (Å²) in [5.41, 5.74) is 3.63. The van der Waals surface area contributed by atoms with Crippen molar-refractivity contribution in [3.8, 4) is 11.3 Å². The zero-order chi connectivity index (χ0) is 15.4. The van der Waals surface area contributed by atoms with Gasteiger partial charge in [0.2, 0.25) is 5.95 Å². The first-order valence-electron chi connectivity index (χ1n) is 6.98. The molecule has 0 saturated carbocycles. The summed E-state index contributed by atoms with van der Waals surface area (Å²) in [4.78, 5) is 20.8. The average molecular weight is 304 g/mol. The first-order valence-corrected chi connectivity index (χ1v) is 7.96. The van der Waals surface area contributed by atoms with Crippen molar-refractivity contribution in [3.63, 3.8) is 0 Å². The Labute approximate surface area is 129 Å². The topological polar surface area (TPSA) is 59.8 Å². The van der Waals surface area contributed by atoms with Gasteiger partial charge < -0.3 is 4.57 Å². The lowest BCUT2D eigenvalue weighted by Gasteiger charge is -2.11. The van der Waals surface area contributed by atoms with Gasteiger partial charge in [0, 0.05) is 36.3 Å². The van der Waals surface area contributed by atoms with Gasteiger partial charge in [0.25, 0.3) is 5.56 Å². The highest BCUT2D eigenvalue weighted by molar-refractivity contribution is 8.00. The van der Waals surface area contributed by atoms with Gasteiger partial charge >= 0.3 is 0 Å². The second kappa shape index (κ2) is 6.76. The van der Waals surface area contributed by atoms with Gasteiger partial charge in [-0.25, -0.2) is 9.97 Å². The fraction of sp³-hybridized carbons (Fsp3) is 0.400. The molecule has 0 amide bonds. The molecule has 2 aromatic rings. The van der Waals surface area contributed by atoms with E-state index >= 15 is 0 Å². The monoisotopic (exact) mass is 304 g/mol. The zero-order valence-corrected chi connectivity index (χ0v) is 13.6. The van der Waals surface area contributed by atoms with E-state index in [1.807, 2.05) is 25.4 Å². The summed E-state index contributed by atoms with van der Waals surface area (Å²) in [7, 11) is 1.76. The maximum Gasteiger partial charge on any atom is 0.253 e. The fourth-order valence-corrected chi connectivity index (χ4v) is 2.48. The Morgan fingerprint density at radius 3 is 2.76 bits per heavy atom. The van der Waals surface area contributed by atoms with Crippen molar-refractivity contribution in [1.82, 2.24) is 14.5 Å². The SMILES string of the molecule is CCSNc1ncc(CC)c(-c2cc(C)c(=O)n(C)c2)n1. The van der Waals surface area contributed by atoms with Crippen LogP contribution < -0.4 is 10.3 Å². The second-order valence-corrected chi connectivity index (χ2v) is 5.85. The molecule has 0 spiro atoms. The van der Waals surface area contributed by atoms with Crippen molar-refractivity contribution in [3.05, 3.63) is 39.9 Å². The maximum atomic E-state index is 11.8. The molecule has 6 heteroatoms. The molecule has 0 unspecified atom stereocenters. The molecule has 0 saturated heterocycles. The minimum atomic E-state index is 0.0192. The molecule has 0 aliphatic rings. The summed E-state index contributed by atoms with van der Waals surface area (Å²) in [6, 6.07) is 1.89. The van der Waals surface area contributed by atoms with Gasteiger partial charge in [-0.2, -0.15) is 0 Å². The van der Waals surface area contributed by atoms with Crippen LogP contribution in [0.4, 0.5) is 5.95 Å². The lowest BCUT2D eigenvalue weighted by atomic mass is 10.1. The highest BCUT2D eigenvalue weighted by Crippen LogP contribution is 2.23. The molecule has 5 nitrogen and oxygen atoms in total. The van der Waals surface area contributed by atoms with Crippen LogP contribution in [0, 0.1) is 6.92 Å². The summed E-state index contributed by atoms with van der Waals surface area (Å²) in [6.45, 7) is 5.96. The number of rotatable bonds is 5. The van der Waals surface area contributed by atoms with Gasteiger partial charge in [-0.15, -0.1) is 0 Å². The minimum Gasteiger partial charge on any atom is -0.318 e. The van der Waals surface area contributed by atoms with Crippen LogP contribution in [0.1, 0.15) is 25.0 Å². The lowest BCUT2D eigenvalue weighted by molar-refractivity contribution is 0.849. The molecule has 0 radical (unpaired) electrons. The number of aromatic nitrogens is 3. The smallest absolute Gasteiger partial charge is 0.253 e. The molecule has 0 aliphatic carbocycles. The number of hydrogen-bond donors (Lipinski definition) is 1. The van der Waals surface area contributed by atoms with Crippen LogP contribution in [-0.2, 0) is 13.5 Å². The summed E-state index contributed by atoms with van der Waals surface area (Å²) < 4.78 is 4.72. The molecule has 0 aliphatic heterocycles.